The molecular formula is C19H30N4O2. The molecule has 1 heterocycles. The highest BCUT2D eigenvalue weighted by atomic mass is 16.2. The predicted octanol–water partition coefficient (Wildman–Crippen LogP) is 2.57. The van der Waals surface area contributed by atoms with E-state index < -0.39 is 6.04 Å². The molecule has 1 saturated heterocycles. The average molecular weight is 346 g/mol. The van der Waals surface area contributed by atoms with Gasteiger partial charge in [0.1, 0.15) is 0 Å². The second-order valence-electron chi connectivity index (χ2n) is 6.70. The molecule has 0 spiro atoms. The van der Waals surface area contributed by atoms with Crippen LogP contribution in [0.25, 0.3) is 0 Å². The number of hydrogen-bond acceptors (Lipinski definition) is 4. The lowest BCUT2D eigenvalue weighted by Gasteiger charge is -2.19. The minimum Gasteiger partial charge on any atom is -0.325 e. The van der Waals surface area contributed by atoms with Crippen molar-refractivity contribution >= 4 is 23.2 Å². The summed E-state index contributed by atoms with van der Waals surface area (Å²) in [7, 11) is 0. The zero-order valence-electron chi connectivity index (χ0n) is 15.1. The molecule has 25 heavy (non-hydrogen) atoms. The molecule has 1 fully saturated rings. The third kappa shape index (κ3) is 6.84. The van der Waals surface area contributed by atoms with Gasteiger partial charge >= 0.3 is 0 Å². The Labute approximate surface area is 150 Å². The van der Waals surface area contributed by atoms with E-state index in [-0.39, 0.29) is 11.8 Å². The van der Waals surface area contributed by atoms with E-state index in [0.717, 1.165) is 25.2 Å². The van der Waals surface area contributed by atoms with E-state index in [1.165, 1.54) is 25.7 Å². The molecule has 4 N–H and O–H groups in total. The van der Waals surface area contributed by atoms with Crippen molar-refractivity contribution in [2.45, 2.75) is 51.5 Å². The Morgan fingerprint density at radius 3 is 2.16 bits per heavy atom. The number of likely N-dealkylation sites (tertiary alicyclic amines) is 1. The number of rotatable bonds is 7. The number of nitrogens with one attached hydrogen (secondary N) is 2. The van der Waals surface area contributed by atoms with E-state index in [0.29, 0.717) is 18.7 Å². The van der Waals surface area contributed by atoms with Crippen molar-refractivity contribution in [3.05, 3.63) is 24.3 Å². The average Bonchev–Trinajstić information content (AvgIpc) is 2.85. The van der Waals surface area contributed by atoms with Gasteiger partial charge in [-0.2, -0.15) is 0 Å². The second kappa shape index (κ2) is 10.2. The number of carbonyl (C=O) groups is 2. The third-order valence-electron chi connectivity index (χ3n) is 4.44. The Hall–Kier alpha value is -1.92. The highest BCUT2D eigenvalue weighted by molar-refractivity contribution is 5.95. The summed E-state index contributed by atoms with van der Waals surface area (Å²) < 4.78 is 0. The molecule has 1 aromatic rings. The fourth-order valence-electron chi connectivity index (χ4n) is 3.01. The Bertz CT molecular complexity index is 551. The van der Waals surface area contributed by atoms with E-state index in [2.05, 4.69) is 15.5 Å². The van der Waals surface area contributed by atoms with Crippen LogP contribution in [0.4, 0.5) is 11.4 Å². The van der Waals surface area contributed by atoms with Crippen LogP contribution in [0.2, 0.25) is 0 Å². The summed E-state index contributed by atoms with van der Waals surface area (Å²) in [5, 5.41) is 5.71. The van der Waals surface area contributed by atoms with E-state index in [1.54, 1.807) is 24.3 Å². The van der Waals surface area contributed by atoms with Crippen LogP contribution in [0.1, 0.15) is 45.4 Å². The first-order chi connectivity index (χ1) is 12.1. The summed E-state index contributed by atoms with van der Waals surface area (Å²) in [5.41, 5.74) is 7.21. The van der Waals surface area contributed by atoms with Crippen LogP contribution in [-0.4, -0.2) is 42.4 Å². The first-order valence-corrected chi connectivity index (χ1v) is 9.27. The van der Waals surface area contributed by atoms with Gasteiger partial charge in [0.2, 0.25) is 11.8 Å². The van der Waals surface area contributed by atoms with Crippen molar-refractivity contribution < 1.29 is 9.59 Å². The van der Waals surface area contributed by atoms with Gasteiger partial charge in [-0.1, -0.05) is 26.2 Å². The van der Waals surface area contributed by atoms with E-state index >= 15 is 0 Å². The fourth-order valence-corrected chi connectivity index (χ4v) is 3.01. The van der Waals surface area contributed by atoms with Crippen LogP contribution in [0, 0.1) is 0 Å². The number of nitrogens with zero attached hydrogens (tertiary/aromatic N) is 1. The number of carbonyl (C=O) groups excluding carboxylic acids is 2. The maximum absolute atomic E-state index is 12.2. The molecule has 1 aliphatic rings. The smallest absolute Gasteiger partial charge is 0.241 e. The van der Waals surface area contributed by atoms with E-state index in [4.69, 9.17) is 5.73 Å². The molecule has 0 aliphatic carbocycles. The molecule has 0 saturated carbocycles. The number of anilines is 2. The number of amides is 2. The Morgan fingerprint density at radius 2 is 1.60 bits per heavy atom. The van der Waals surface area contributed by atoms with Crippen LogP contribution >= 0.6 is 0 Å². The number of benzene rings is 1. The van der Waals surface area contributed by atoms with Crippen LogP contribution in [0.5, 0.6) is 0 Å². The fraction of sp³-hybridized carbons (Fsp3) is 0.579. The van der Waals surface area contributed by atoms with Gasteiger partial charge in [0.05, 0.1) is 12.6 Å². The van der Waals surface area contributed by atoms with Crippen LogP contribution in [-0.2, 0) is 9.59 Å². The van der Waals surface area contributed by atoms with Crippen molar-refractivity contribution in [1.29, 1.82) is 0 Å². The first-order valence-electron chi connectivity index (χ1n) is 9.27. The molecule has 0 aromatic heterocycles. The summed E-state index contributed by atoms with van der Waals surface area (Å²) in [5.74, 6) is -0.177. The number of nitrogens with two attached hydrogens (primary N) is 1. The van der Waals surface area contributed by atoms with Gasteiger partial charge in [-0.3, -0.25) is 14.5 Å². The van der Waals surface area contributed by atoms with Gasteiger partial charge in [-0.25, -0.2) is 0 Å². The monoisotopic (exact) mass is 346 g/mol. The maximum Gasteiger partial charge on any atom is 0.241 e. The van der Waals surface area contributed by atoms with Crippen molar-refractivity contribution in [1.82, 2.24) is 4.90 Å². The first kappa shape index (κ1) is 19.4. The lowest BCUT2D eigenvalue weighted by molar-refractivity contribution is -0.118. The van der Waals surface area contributed by atoms with E-state index in [1.807, 2.05) is 6.92 Å². The molecule has 6 nitrogen and oxygen atoms in total. The van der Waals surface area contributed by atoms with Crippen molar-refractivity contribution in [3.63, 3.8) is 0 Å². The molecule has 2 amide bonds. The van der Waals surface area contributed by atoms with Gasteiger partial charge in [-0.05, 0) is 56.6 Å². The number of hydrogen-bond donors (Lipinski definition) is 3. The maximum atomic E-state index is 12.2. The Balaban J connectivity index is 1.81. The minimum absolute atomic E-state index is 0.00338. The largest absolute Gasteiger partial charge is 0.325 e. The lowest BCUT2D eigenvalue weighted by atomic mass is 10.1. The normalized spacial score (nSPS) is 16.7. The third-order valence-corrected chi connectivity index (χ3v) is 4.44. The second-order valence-corrected chi connectivity index (χ2v) is 6.70. The molecule has 1 unspecified atom stereocenters. The molecule has 1 aliphatic heterocycles. The van der Waals surface area contributed by atoms with Gasteiger partial charge in [-0.15, -0.1) is 0 Å². The molecule has 0 radical (unpaired) electrons. The molecule has 1 aromatic carbocycles. The van der Waals surface area contributed by atoms with E-state index in [9.17, 15) is 9.59 Å². The Morgan fingerprint density at radius 1 is 1.04 bits per heavy atom. The van der Waals surface area contributed by atoms with Gasteiger partial charge in [0.25, 0.3) is 0 Å². The minimum atomic E-state index is -0.488. The van der Waals surface area contributed by atoms with Gasteiger partial charge in [0, 0.05) is 11.4 Å². The summed E-state index contributed by atoms with van der Waals surface area (Å²) in [6.07, 6.45) is 6.39. The molecule has 6 heteroatoms. The van der Waals surface area contributed by atoms with Crippen LogP contribution < -0.4 is 16.4 Å². The molecule has 2 rings (SSSR count). The topological polar surface area (TPSA) is 87.5 Å². The summed E-state index contributed by atoms with van der Waals surface area (Å²) >= 11 is 0. The highest BCUT2D eigenvalue weighted by Crippen LogP contribution is 2.15. The standard InChI is InChI=1S/C19H30N4O2/c1-2-7-17(20)19(25)22-16-10-8-15(9-11-16)21-18(24)14-23-12-5-3-4-6-13-23/h8-11,17H,2-7,12-14,20H2,1H3,(H,21,24)(H,22,25). The predicted molar refractivity (Wildman–Crippen MR) is 101 cm³/mol. The SMILES string of the molecule is CCCC(N)C(=O)Nc1ccc(NC(=O)CN2CCCCCC2)cc1. The zero-order valence-corrected chi connectivity index (χ0v) is 15.1. The summed E-state index contributed by atoms with van der Waals surface area (Å²) in [4.78, 5) is 26.3. The summed E-state index contributed by atoms with van der Waals surface area (Å²) in [6, 6.07) is 6.65. The molecular weight excluding hydrogens is 316 g/mol. The summed E-state index contributed by atoms with van der Waals surface area (Å²) in [6.45, 7) is 4.42. The van der Waals surface area contributed by atoms with Gasteiger partial charge < -0.3 is 16.4 Å². The van der Waals surface area contributed by atoms with Crippen LogP contribution in [0.3, 0.4) is 0 Å². The molecule has 138 valence electrons. The van der Waals surface area contributed by atoms with Crippen molar-refractivity contribution in [2.75, 3.05) is 30.3 Å². The quantitative estimate of drug-likeness (QED) is 0.708. The van der Waals surface area contributed by atoms with Crippen LogP contribution in [0.15, 0.2) is 24.3 Å². The lowest BCUT2D eigenvalue weighted by Crippen LogP contribution is -2.35. The van der Waals surface area contributed by atoms with Crippen molar-refractivity contribution in [2.24, 2.45) is 5.73 Å². The zero-order chi connectivity index (χ0) is 18.1. The van der Waals surface area contributed by atoms with Crippen molar-refractivity contribution in [3.8, 4) is 0 Å². The molecule has 1 atom stereocenters. The Kier molecular flexibility index (Phi) is 7.88. The van der Waals surface area contributed by atoms with Gasteiger partial charge in [0.15, 0.2) is 0 Å². The highest BCUT2D eigenvalue weighted by Gasteiger charge is 2.14. The molecule has 0 bridgehead atoms.